The van der Waals surface area contributed by atoms with Crippen molar-refractivity contribution in [2.24, 2.45) is 0 Å². The molecular formula is C5H11Sn. The first-order valence-corrected chi connectivity index (χ1v) is 3.74. The van der Waals surface area contributed by atoms with E-state index in [0.717, 1.165) is 0 Å². The zero-order valence-electron chi connectivity index (χ0n) is 4.71. The van der Waals surface area contributed by atoms with Crippen LogP contribution in [0.5, 0.6) is 0 Å². The fourth-order valence-electron chi connectivity index (χ4n) is 0. The van der Waals surface area contributed by atoms with E-state index in [1.165, 1.54) is 6.42 Å². The number of rotatable bonds is 1. The zero-order valence-corrected chi connectivity index (χ0v) is 7.56. The Morgan fingerprint density at radius 1 is 1.50 bits per heavy atom. The quantitative estimate of drug-likeness (QED) is 0.552. The van der Waals surface area contributed by atoms with Crippen molar-refractivity contribution < 1.29 is 0 Å². The van der Waals surface area contributed by atoms with Gasteiger partial charge in [-0.3, -0.25) is 0 Å². The van der Waals surface area contributed by atoms with Gasteiger partial charge in [0.05, 0.1) is 0 Å². The Morgan fingerprint density at radius 2 is 1.67 bits per heavy atom. The van der Waals surface area contributed by atoms with Crippen LogP contribution in [-0.2, 0) is 0 Å². The van der Waals surface area contributed by atoms with Crippen molar-refractivity contribution in [3.05, 3.63) is 0 Å². The second kappa shape index (κ2) is 2.20. The van der Waals surface area contributed by atoms with Gasteiger partial charge in [0.2, 0.25) is 0 Å². The molecule has 0 saturated carbocycles. The summed E-state index contributed by atoms with van der Waals surface area (Å²) in [4.78, 5) is 0. The summed E-state index contributed by atoms with van der Waals surface area (Å²) in [6.07, 6.45) is 1.31. The Balaban J connectivity index is 3.17. The molecule has 3 radical (unpaired) electrons. The standard InChI is InChI=1S/C5H11.Sn/c1-4-5(2)3;/h4H2,1-3H3;. The van der Waals surface area contributed by atoms with Gasteiger partial charge in [0.15, 0.2) is 0 Å². The summed E-state index contributed by atoms with van der Waals surface area (Å²) in [6, 6.07) is 0. The predicted molar refractivity (Wildman–Crippen MR) is 30.1 cm³/mol. The van der Waals surface area contributed by atoms with Gasteiger partial charge in [-0.15, -0.1) is 0 Å². The summed E-state index contributed by atoms with van der Waals surface area (Å²) in [5, 5.41) is 0. The van der Waals surface area contributed by atoms with Gasteiger partial charge < -0.3 is 0 Å². The van der Waals surface area contributed by atoms with Crippen molar-refractivity contribution in [2.45, 2.75) is 30.6 Å². The minimum atomic E-state index is 0.632. The van der Waals surface area contributed by atoms with Crippen LogP contribution in [0.3, 0.4) is 0 Å². The fraction of sp³-hybridized carbons (Fsp3) is 1.00. The van der Waals surface area contributed by atoms with Gasteiger partial charge >= 0.3 is 53.1 Å². The van der Waals surface area contributed by atoms with E-state index in [4.69, 9.17) is 0 Å². The first-order chi connectivity index (χ1) is 2.56. The first kappa shape index (κ1) is 6.80. The van der Waals surface area contributed by atoms with Crippen molar-refractivity contribution in [1.29, 1.82) is 0 Å². The summed E-state index contributed by atoms with van der Waals surface area (Å²) in [5.74, 6) is 0. The van der Waals surface area contributed by atoms with Crippen LogP contribution in [0.25, 0.3) is 0 Å². The molecule has 1 heteroatoms. The topological polar surface area (TPSA) is 0 Å². The van der Waals surface area contributed by atoms with Crippen molar-refractivity contribution >= 4 is 22.5 Å². The monoisotopic (exact) mass is 191 g/mol. The summed E-state index contributed by atoms with van der Waals surface area (Å²) < 4.78 is 0.632. The van der Waals surface area contributed by atoms with Crippen LogP contribution in [0.2, 0.25) is 3.43 Å². The van der Waals surface area contributed by atoms with Gasteiger partial charge in [0.25, 0.3) is 0 Å². The maximum atomic E-state index is 2.28. The third-order valence-corrected chi connectivity index (χ3v) is 1.89. The van der Waals surface area contributed by atoms with E-state index < -0.39 is 0 Å². The van der Waals surface area contributed by atoms with E-state index in [1.807, 2.05) is 0 Å². The van der Waals surface area contributed by atoms with Crippen LogP contribution in [0.4, 0.5) is 0 Å². The third kappa shape index (κ3) is 4.80. The molecule has 0 aliphatic heterocycles. The van der Waals surface area contributed by atoms with Gasteiger partial charge in [-0.1, -0.05) is 0 Å². The van der Waals surface area contributed by atoms with E-state index in [0.29, 0.717) is 3.43 Å². The van der Waals surface area contributed by atoms with Crippen molar-refractivity contribution in [3.8, 4) is 0 Å². The second-order valence-corrected chi connectivity index (χ2v) is 6.10. The zero-order chi connectivity index (χ0) is 5.21. The molecule has 0 fully saturated rings. The first-order valence-electron chi connectivity index (χ1n) is 2.31. The molecule has 0 rings (SSSR count). The molecular weight excluding hydrogens is 179 g/mol. The molecule has 0 spiro atoms. The summed E-state index contributed by atoms with van der Waals surface area (Å²) >= 11 is 1.65. The Bertz CT molecular complexity index is 33.7. The molecule has 35 valence electrons. The third-order valence-electron chi connectivity index (χ3n) is 0.884. The normalized spacial score (nSPS) is 12.0. The Morgan fingerprint density at radius 3 is 1.67 bits per heavy atom. The Kier molecular flexibility index (Phi) is 2.49. The molecule has 0 aromatic carbocycles. The van der Waals surface area contributed by atoms with Crippen LogP contribution < -0.4 is 0 Å². The number of hydrogen-bond donors (Lipinski definition) is 0. The van der Waals surface area contributed by atoms with Gasteiger partial charge in [0, 0.05) is 0 Å². The van der Waals surface area contributed by atoms with Gasteiger partial charge in [-0.25, -0.2) is 0 Å². The van der Waals surface area contributed by atoms with Gasteiger partial charge in [-0.2, -0.15) is 0 Å². The molecule has 0 nitrogen and oxygen atoms in total. The molecule has 0 bridgehead atoms. The number of hydrogen-bond acceptors (Lipinski definition) is 0. The molecule has 0 saturated heterocycles. The van der Waals surface area contributed by atoms with E-state index in [9.17, 15) is 0 Å². The fourth-order valence-corrected chi connectivity index (χ4v) is 0. The molecule has 0 amide bonds. The van der Waals surface area contributed by atoms with Crippen LogP contribution in [0, 0.1) is 0 Å². The van der Waals surface area contributed by atoms with Crippen molar-refractivity contribution in [1.82, 2.24) is 0 Å². The SMILES string of the molecule is CC[C](C)(C)[Sn]. The van der Waals surface area contributed by atoms with Gasteiger partial charge in [0.1, 0.15) is 0 Å². The van der Waals surface area contributed by atoms with E-state index in [2.05, 4.69) is 20.8 Å². The van der Waals surface area contributed by atoms with Crippen LogP contribution >= 0.6 is 0 Å². The van der Waals surface area contributed by atoms with Crippen LogP contribution in [0.15, 0.2) is 0 Å². The average Bonchev–Trinajstić information content (AvgIpc) is 1.35. The second-order valence-electron chi connectivity index (χ2n) is 2.24. The molecule has 0 N–H and O–H groups in total. The molecule has 0 atom stereocenters. The Hall–Kier alpha value is 0.799. The predicted octanol–water partition coefficient (Wildman–Crippen LogP) is 1.76. The molecule has 6 heavy (non-hydrogen) atoms. The maximum absolute atomic E-state index is 2.28. The molecule has 0 heterocycles. The molecule has 0 aliphatic rings. The Labute approximate surface area is 53.4 Å². The average molecular weight is 190 g/mol. The molecule has 0 unspecified atom stereocenters. The molecule has 0 aromatic rings. The van der Waals surface area contributed by atoms with E-state index in [1.54, 1.807) is 22.5 Å². The summed E-state index contributed by atoms with van der Waals surface area (Å²) in [6.45, 7) is 6.80. The van der Waals surface area contributed by atoms with Gasteiger partial charge in [-0.05, 0) is 0 Å². The summed E-state index contributed by atoms with van der Waals surface area (Å²) in [5.41, 5.74) is 0. The van der Waals surface area contributed by atoms with Crippen LogP contribution in [-0.4, -0.2) is 22.5 Å². The van der Waals surface area contributed by atoms with E-state index >= 15 is 0 Å². The minimum absolute atomic E-state index is 0.632. The van der Waals surface area contributed by atoms with Crippen molar-refractivity contribution in [2.75, 3.05) is 0 Å². The van der Waals surface area contributed by atoms with Crippen molar-refractivity contribution in [3.63, 3.8) is 0 Å². The van der Waals surface area contributed by atoms with Crippen LogP contribution in [0.1, 0.15) is 27.2 Å². The van der Waals surface area contributed by atoms with E-state index in [-0.39, 0.29) is 0 Å². The summed E-state index contributed by atoms with van der Waals surface area (Å²) in [7, 11) is 0. The molecule has 0 aromatic heterocycles. The molecule has 0 aliphatic carbocycles.